The minimum absolute atomic E-state index is 0.0717. The van der Waals surface area contributed by atoms with Crippen LogP contribution in [0.25, 0.3) is 0 Å². The minimum atomic E-state index is -3.78. The van der Waals surface area contributed by atoms with Crippen LogP contribution in [0.15, 0.2) is 102 Å². The lowest BCUT2D eigenvalue weighted by Crippen LogP contribution is -2.36. The summed E-state index contributed by atoms with van der Waals surface area (Å²) in [7, 11) is -3.78. The van der Waals surface area contributed by atoms with Gasteiger partial charge in [0.05, 0.1) is 22.8 Å². The maximum absolute atomic E-state index is 13.1. The first-order valence-electron chi connectivity index (χ1n) is 12.4. The van der Waals surface area contributed by atoms with Gasteiger partial charge in [0.15, 0.2) is 9.84 Å². The van der Waals surface area contributed by atoms with E-state index in [2.05, 4.69) is 15.4 Å². The fourth-order valence-electron chi connectivity index (χ4n) is 4.04. The number of nitrogens with zero attached hydrogens (tertiary/aromatic N) is 3. The fraction of sp³-hybridized carbons (Fsp3) is 0.172. The summed E-state index contributed by atoms with van der Waals surface area (Å²) in [6.07, 6.45) is 6.78. The van der Waals surface area contributed by atoms with E-state index in [1.54, 1.807) is 48.9 Å². The molecule has 0 saturated carbocycles. The zero-order chi connectivity index (χ0) is 28.4. The van der Waals surface area contributed by atoms with E-state index >= 15 is 0 Å². The van der Waals surface area contributed by atoms with Crippen LogP contribution in [0.2, 0.25) is 0 Å². The third-order valence-corrected chi connectivity index (χ3v) is 7.89. The van der Waals surface area contributed by atoms with Crippen LogP contribution in [0, 0.1) is 0 Å². The van der Waals surface area contributed by atoms with Gasteiger partial charge in [0.1, 0.15) is 12.4 Å². The second kappa shape index (κ2) is 13.5. The summed E-state index contributed by atoms with van der Waals surface area (Å²) >= 11 is 0. The molecule has 1 atom stereocenters. The molecule has 0 aliphatic heterocycles. The maximum atomic E-state index is 13.1. The lowest BCUT2D eigenvalue weighted by atomic mass is 10.00. The van der Waals surface area contributed by atoms with E-state index in [0.29, 0.717) is 30.0 Å². The molecule has 2 heterocycles. The van der Waals surface area contributed by atoms with Crippen molar-refractivity contribution in [1.82, 2.24) is 15.4 Å². The Morgan fingerprint density at radius 2 is 1.70 bits per heavy atom. The van der Waals surface area contributed by atoms with Gasteiger partial charge in [-0.05, 0) is 65.2 Å². The van der Waals surface area contributed by atoms with Crippen molar-refractivity contribution in [2.45, 2.75) is 30.4 Å². The van der Waals surface area contributed by atoms with Crippen molar-refractivity contribution in [2.75, 3.05) is 10.8 Å². The maximum Gasteiger partial charge on any atom is 0.303 e. The standard InChI is InChI=1S/C29H28N4O6S/c34-21-33(32-17-23-5-2-12-30-16-23)26-7-1-4-22(14-26)19-39-27-8-10-28(11-9-27)40(37,38)20-25(15-29(35)36)24-6-3-13-31-18-24/h1-14,16,18,21,25,32H,15,17,19-20H2,(H,35,36). The predicted octanol–water partition coefficient (Wildman–Crippen LogP) is 3.76. The number of anilines is 1. The average molecular weight is 561 g/mol. The molecule has 2 aromatic heterocycles. The van der Waals surface area contributed by atoms with E-state index in [1.807, 2.05) is 30.3 Å². The molecule has 0 radical (unpaired) electrons. The van der Waals surface area contributed by atoms with E-state index in [4.69, 9.17) is 4.74 Å². The molecule has 10 nitrogen and oxygen atoms in total. The first kappa shape index (κ1) is 28.4. The van der Waals surface area contributed by atoms with Gasteiger partial charge >= 0.3 is 5.97 Å². The van der Waals surface area contributed by atoms with Gasteiger partial charge in [-0.25, -0.2) is 18.9 Å². The van der Waals surface area contributed by atoms with Crippen molar-refractivity contribution in [3.8, 4) is 5.75 Å². The van der Waals surface area contributed by atoms with Crippen LogP contribution in [-0.4, -0.2) is 41.6 Å². The number of sulfone groups is 1. The second-order valence-electron chi connectivity index (χ2n) is 8.96. The van der Waals surface area contributed by atoms with Gasteiger partial charge in [0.2, 0.25) is 6.41 Å². The van der Waals surface area contributed by atoms with Crippen molar-refractivity contribution in [2.24, 2.45) is 0 Å². The summed E-state index contributed by atoms with van der Waals surface area (Å²) in [5.74, 6) is -1.72. The number of benzene rings is 2. The highest BCUT2D eigenvalue weighted by Gasteiger charge is 2.25. The predicted molar refractivity (Wildman–Crippen MR) is 148 cm³/mol. The molecule has 4 aromatic rings. The quantitative estimate of drug-likeness (QED) is 0.174. The smallest absolute Gasteiger partial charge is 0.303 e. The number of aliphatic carboxylic acids is 1. The lowest BCUT2D eigenvalue weighted by molar-refractivity contribution is -0.137. The first-order valence-corrected chi connectivity index (χ1v) is 14.0. The number of rotatable bonds is 14. The Labute approximate surface area is 232 Å². The second-order valence-corrected chi connectivity index (χ2v) is 11.0. The van der Waals surface area contributed by atoms with Crippen LogP contribution in [0.4, 0.5) is 5.69 Å². The van der Waals surface area contributed by atoms with Gasteiger partial charge in [-0.3, -0.25) is 19.6 Å². The normalized spacial score (nSPS) is 11.9. The molecule has 206 valence electrons. The molecule has 2 aromatic carbocycles. The average Bonchev–Trinajstić information content (AvgIpc) is 2.97. The van der Waals surface area contributed by atoms with Gasteiger partial charge in [0.25, 0.3) is 0 Å². The van der Waals surface area contributed by atoms with Gasteiger partial charge in [-0.15, -0.1) is 0 Å². The third-order valence-electron chi connectivity index (χ3n) is 6.06. The van der Waals surface area contributed by atoms with E-state index in [0.717, 1.165) is 11.1 Å². The number of nitrogens with one attached hydrogen (secondary N) is 1. The highest BCUT2D eigenvalue weighted by atomic mass is 32.2. The third kappa shape index (κ3) is 7.95. The molecule has 40 heavy (non-hydrogen) atoms. The van der Waals surface area contributed by atoms with E-state index < -0.39 is 21.7 Å². The van der Waals surface area contributed by atoms with Gasteiger partial charge in [-0.2, -0.15) is 0 Å². The summed E-state index contributed by atoms with van der Waals surface area (Å²) in [5.41, 5.74) is 5.96. The molecule has 0 aliphatic rings. The van der Waals surface area contributed by atoms with Crippen LogP contribution in [-0.2, 0) is 32.6 Å². The Kier molecular flexibility index (Phi) is 9.55. The lowest BCUT2D eigenvalue weighted by Gasteiger charge is -2.19. The molecule has 0 spiro atoms. The van der Waals surface area contributed by atoms with Crippen molar-refractivity contribution in [3.05, 3.63) is 114 Å². The number of amides is 1. The minimum Gasteiger partial charge on any atom is -0.489 e. The summed E-state index contributed by atoms with van der Waals surface area (Å²) in [5, 5.41) is 10.7. The highest BCUT2D eigenvalue weighted by Crippen LogP contribution is 2.26. The van der Waals surface area contributed by atoms with Crippen molar-refractivity contribution in [1.29, 1.82) is 0 Å². The van der Waals surface area contributed by atoms with Crippen LogP contribution in [0.5, 0.6) is 5.75 Å². The fourth-order valence-corrected chi connectivity index (χ4v) is 5.62. The van der Waals surface area contributed by atoms with Gasteiger partial charge < -0.3 is 9.84 Å². The van der Waals surface area contributed by atoms with Crippen molar-refractivity contribution < 1.29 is 27.9 Å². The van der Waals surface area contributed by atoms with Crippen LogP contribution in [0.3, 0.4) is 0 Å². The Balaban J connectivity index is 1.38. The Morgan fingerprint density at radius 3 is 2.35 bits per heavy atom. The van der Waals surface area contributed by atoms with Crippen LogP contribution < -0.4 is 15.2 Å². The molecule has 1 amide bonds. The number of aromatic nitrogens is 2. The molecule has 0 aliphatic carbocycles. The van der Waals surface area contributed by atoms with Crippen molar-refractivity contribution >= 4 is 27.9 Å². The van der Waals surface area contributed by atoms with E-state index in [9.17, 15) is 23.1 Å². The number of hydrogen-bond donors (Lipinski definition) is 2. The van der Waals surface area contributed by atoms with E-state index in [1.165, 1.54) is 23.3 Å². The first-order chi connectivity index (χ1) is 19.3. The number of carboxylic acids is 1. The summed E-state index contributed by atoms with van der Waals surface area (Å²) in [6, 6.07) is 20.3. The number of carbonyl (C=O) groups is 2. The van der Waals surface area contributed by atoms with Crippen LogP contribution >= 0.6 is 0 Å². The molecular weight excluding hydrogens is 532 g/mol. The number of carbonyl (C=O) groups excluding carboxylic acids is 1. The van der Waals surface area contributed by atoms with Gasteiger partial charge in [-0.1, -0.05) is 24.3 Å². The number of hydrogen-bond acceptors (Lipinski definition) is 8. The van der Waals surface area contributed by atoms with Crippen molar-refractivity contribution in [3.63, 3.8) is 0 Å². The SMILES string of the molecule is O=CN(NCc1cccnc1)c1cccc(COc2ccc(S(=O)(=O)CC(CC(=O)O)c3cccnc3)cc2)c1. The summed E-state index contributed by atoms with van der Waals surface area (Å²) in [6.45, 7) is 0.610. The topological polar surface area (TPSA) is 139 Å². The Bertz CT molecular complexity index is 1520. The number of hydrazine groups is 1. The molecule has 4 rings (SSSR count). The molecule has 0 fully saturated rings. The largest absolute Gasteiger partial charge is 0.489 e. The zero-order valence-electron chi connectivity index (χ0n) is 21.5. The number of pyridine rings is 2. The Hall–Kier alpha value is -4.61. The van der Waals surface area contributed by atoms with Crippen LogP contribution in [0.1, 0.15) is 29.0 Å². The zero-order valence-corrected chi connectivity index (χ0v) is 22.3. The Morgan fingerprint density at radius 1 is 0.975 bits per heavy atom. The monoisotopic (exact) mass is 560 g/mol. The number of carboxylic acid groups (broad SMARTS) is 1. The number of ether oxygens (including phenoxy) is 1. The van der Waals surface area contributed by atoms with E-state index in [-0.39, 0.29) is 23.7 Å². The molecular formula is C29H28N4O6S. The summed E-state index contributed by atoms with van der Waals surface area (Å²) in [4.78, 5) is 31.1. The summed E-state index contributed by atoms with van der Waals surface area (Å²) < 4.78 is 32.0. The molecule has 0 saturated heterocycles. The van der Waals surface area contributed by atoms with Gasteiger partial charge in [0, 0.05) is 37.3 Å². The highest BCUT2D eigenvalue weighted by molar-refractivity contribution is 7.91. The molecule has 1 unspecified atom stereocenters. The molecule has 11 heteroatoms. The molecule has 0 bridgehead atoms. The molecule has 2 N–H and O–H groups in total.